The molecule has 0 amide bonds. The number of ether oxygens (including phenoxy) is 1. The molecule has 0 aliphatic heterocycles. The first kappa shape index (κ1) is 15.4. The Morgan fingerprint density at radius 3 is 2.55 bits per heavy atom. The minimum absolute atomic E-state index is 0.0848. The fourth-order valence-electron chi connectivity index (χ4n) is 3.85. The van der Waals surface area contributed by atoms with E-state index < -0.39 is 0 Å². The Bertz CT molecular complexity index is 623. The van der Waals surface area contributed by atoms with E-state index in [0.717, 1.165) is 5.75 Å². The maximum absolute atomic E-state index is 6.68. The summed E-state index contributed by atoms with van der Waals surface area (Å²) in [7, 11) is 0. The molecule has 1 fully saturated rings. The maximum atomic E-state index is 6.68. The van der Waals surface area contributed by atoms with Crippen LogP contribution in [0.2, 0.25) is 0 Å². The molecule has 2 aromatic carbocycles. The van der Waals surface area contributed by atoms with Gasteiger partial charge in [0.15, 0.2) is 0 Å². The number of fused-ring (bicyclic) bond motifs is 1. The number of rotatable bonds is 5. The zero-order chi connectivity index (χ0) is 15.4. The van der Waals surface area contributed by atoms with Crippen LogP contribution in [0.4, 0.5) is 0 Å². The van der Waals surface area contributed by atoms with Crippen molar-refractivity contribution < 1.29 is 4.74 Å². The zero-order valence-corrected chi connectivity index (χ0v) is 14.0. The first-order valence-corrected chi connectivity index (χ1v) is 8.91. The molecule has 1 nitrogen and oxygen atoms in total. The first-order chi connectivity index (χ1) is 10.7. The van der Waals surface area contributed by atoms with E-state index in [1.165, 1.54) is 67.7 Å². The third-order valence-corrected chi connectivity index (χ3v) is 5.23. The predicted molar refractivity (Wildman–Crippen MR) is 94.7 cm³/mol. The van der Waals surface area contributed by atoms with Gasteiger partial charge in [-0.2, -0.15) is 0 Å². The van der Waals surface area contributed by atoms with Crippen molar-refractivity contribution in [2.75, 3.05) is 0 Å². The molecule has 0 N–H and O–H groups in total. The normalized spacial score (nSPS) is 17.5. The highest BCUT2D eigenvalue weighted by atomic mass is 16.5. The summed E-state index contributed by atoms with van der Waals surface area (Å²) in [6.07, 6.45) is 10.2. The highest BCUT2D eigenvalue weighted by Crippen LogP contribution is 2.39. The van der Waals surface area contributed by atoms with E-state index in [4.69, 9.17) is 4.74 Å². The van der Waals surface area contributed by atoms with Crippen molar-refractivity contribution >= 4 is 10.8 Å². The molecular formula is C21H28O. The van der Waals surface area contributed by atoms with E-state index in [-0.39, 0.29) is 5.60 Å². The Kier molecular flexibility index (Phi) is 4.71. The minimum atomic E-state index is 0.0848. The van der Waals surface area contributed by atoms with Gasteiger partial charge in [-0.3, -0.25) is 0 Å². The van der Waals surface area contributed by atoms with Gasteiger partial charge in [0.25, 0.3) is 0 Å². The summed E-state index contributed by atoms with van der Waals surface area (Å²) in [4.78, 5) is 0. The SMILES string of the molecule is CCCCC1(Oc2ccc3ccccc3c2C)CCCCC1. The van der Waals surface area contributed by atoms with Crippen LogP contribution in [-0.2, 0) is 0 Å². The summed E-state index contributed by atoms with van der Waals surface area (Å²) < 4.78 is 6.68. The van der Waals surface area contributed by atoms with Crippen LogP contribution in [0.25, 0.3) is 10.8 Å². The highest BCUT2D eigenvalue weighted by molar-refractivity contribution is 5.87. The number of hydrogen-bond acceptors (Lipinski definition) is 1. The molecule has 2 aromatic rings. The Balaban J connectivity index is 1.90. The molecule has 1 aliphatic carbocycles. The van der Waals surface area contributed by atoms with Gasteiger partial charge in [-0.15, -0.1) is 0 Å². The Morgan fingerprint density at radius 2 is 1.77 bits per heavy atom. The molecule has 3 rings (SSSR count). The summed E-state index contributed by atoms with van der Waals surface area (Å²) in [6, 6.07) is 13.0. The highest BCUT2D eigenvalue weighted by Gasteiger charge is 2.33. The monoisotopic (exact) mass is 296 g/mol. The fourth-order valence-corrected chi connectivity index (χ4v) is 3.85. The van der Waals surface area contributed by atoms with Crippen LogP contribution in [0.15, 0.2) is 36.4 Å². The molecule has 1 saturated carbocycles. The molecule has 118 valence electrons. The van der Waals surface area contributed by atoms with E-state index in [9.17, 15) is 0 Å². The molecule has 0 aromatic heterocycles. The van der Waals surface area contributed by atoms with Gasteiger partial charge in [-0.05, 0) is 67.9 Å². The number of hydrogen-bond donors (Lipinski definition) is 0. The predicted octanol–water partition coefficient (Wildman–Crippen LogP) is 6.42. The van der Waals surface area contributed by atoms with Gasteiger partial charge in [0.2, 0.25) is 0 Å². The van der Waals surface area contributed by atoms with Crippen LogP contribution in [-0.4, -0.2) is 5.60 Å². The lowest BCUT2D eigenvalue weighted by atomic mass is 9.81. The number of benzene rings is 2. The average molecular weight is 296 g/mol. The summed E-state index contributed by atoms with van der Waals surface area (Å²) in [5, 5.41) is 2.63. The summed E-state index contributed by atoms with van der Waals surface area (Å²) >= 11 is 0. The number of aryl methyl sites for hydroxylation is 1. The zero-order valence-electron chi connectivity index (χ0n) is 14.0. The van der Waals surface area contributed by atoms with Crippen molar-refractivity contribution in [2.45, 2.75) is 70.8 Å². The van der Waals surface area contributed by atoms with Gasteiger partial charge >= 0.3 is 0 Å². The van der Waals surface area contributed by atoms with Gasteiger partial charge in [0.1, 0.15) is 11.4 Å². The molecule has 0 atom stereocenters. The van der Waals surface area contributed by atoms with Crippen molar-refractivity contribution in [1.82, 2.24) is 0 Å². The van der Waals surface area contributed by atoms with Crippen LogP contribution in [0, 0.1) is 6.92 Å². The lowest BCUT2D eigenvalue weighted by Gasteiger charge is -2.38. The molecule has 22 heavy (non-hydrogen) atoms. The van der Waals surface area contributed by atoms with Gasteiger partial charge in [0.05, 0.1) is 0 Å². The average Bonchev–Trinajstić information content (AvgIpc) is 2.57. The standard InChI is InChI=1S/C21H28O/c1-3-4-14-21(15-8-5-9-16-21)22-20-13-12-18-10-6-7-11-19(18)17(20)2/h6-7,10-13H,3-5,8-9,14-16H2,1-2H3. The molecule has 1 heteroatoms. The maximum Gasteiger partial charge on any atom is 0.123 e. The van der Waals surface area contributed by atoms with Crippen molar-refractivity contribution in [3.8, 4) is 5.75 Å². The lowest BCUT2D eigenvalue weighted by molar-refractivity contribution is 0.0195. The van der Waals surface area contributed by atoms with Gasteiger partial charge in [-0.25, -0.2) is 0 Å². The Labute approximate surface area is 134 Å². The Hall–Kier alpha value is -1.50. The summed E-state index contributed by atoms with van der Waals surface area (Å²) in [6.45, 7) is 4.48. The van der Waals surface area contributed by atoms with E-state index in [2.05, 4.69) is 50.2 Å². The molecule has 0 unspecified atom stereocenters. The van der Waals surface area contributed by atoms with Gasteiger partial charge in [-0.1, -0.05) is 50.1 Å². The van der Waals surface area contributed by atoms with Crippen molar-refractivity contribution in [2.24, 2.45) is 0 Å². The topological polar surface area (TPSA) is 9.23 Å². The second kappa shape index (κ2) is 6.73. The Morgan fingerprint density at radius 1 is 1.00 bits per heavy atom. The van der Waals surface area contributed by atoms with Crippen LogP contribution >= 0.6 is 0 Å². The van der Waals surface area contributed by atoms with E-state index in [1.807, 2.05) is 0 Å². The van der Waals surface area contributed by atoms with Crippen LogP contribution < -0.4 is 4.74 Å². The molecular weight excluding hydrogens is 268 g/mol. The van der Waals surface area contributed by atoms with Crippen LogP contribution in [0.5, 0.6) is 5.75 Å². The smallest absolute Gasteiger partial charge is 0.123 e. The van der Waals surface area contributed by atoms with Crippen molar-refractivity contribution in [3.05, 3.63) is 42.0 Å². The van der Waals surface area contributed by atoms with Gasteiger partial charge < -0.3 is 4.74 Å². The van der Waals surface area contributed by atoms with Crippen molar-refractivity contribution in [1.29, 1.82) is 0 Å². The quantitative estimate of drug-likeness (QED) is 0.618. The van der Waals surface area contributed by atoms with Crippen molar-refractivity contribution in [3.63, 3.8) is 0 Å². The third-order valence-electron chi connectivity index (χ3n) is 5.23. The molecule has 0 spiro atoms. The summed E-state index contributed by atoms with van der Waals surface area (Å²) in [5.74, 6) is 1.09. The third kappa shape index (κ3) is 3.14. The molecule has 0 bridgehead atoms. The molecule has 0 radical (unpaired) electrons. The van der Waals surface area contributed by atoms with E-state index in [1.54, 1.807) is 0 Å². The molecule has 0 saturated heterocycles. The number of unbranched alkanes of at least 4 members (excludes halogenated alkanes) is 1. The van der Waals surface area contributed by atoms with E-state index >= 15 is 0 Å². The first-order valence-electron chi connectivity index (χ1n) is 8.91. The summed E-state index contributed by atoms with van der Waals surface area (Å²) in [5.41, 5.74) is 1.38. The van der Waals surface area contributed by atoms with E-state index in [0.29, 0.717) is 0 Å². The van der Waals surface area contributed by atoms with Crippen LogP contribution in [0.3, 0.4) is 0 Å². The lowest BCUT2D eigenvalue weighted by Crippen LogP contribution is -2.38. The largest absolute Gasteiger partial charge is 0.487 e. The molecule has 1 aliphatic rings. The van der Waals surface area contributed by atoms with Gasteiger partial charge in [0, 0.05) is 0 Å². The second-order valence-corrected chi connectivity index (χ2v) is 6.86. The molecule has 0 heterocycles. The second-order valence-electron chi connectivity index (χ2n) is 6.86. The fraction of sp³-hybridized carbons (Fsp3) is 0.524. The minimum Gasteiger partial charge on any atom is -0.487 e. The van der Waals surface area contributed by atoms with Crippen LogP contribution in [0.1, 0.15) is 63.9 Å².